The van der Waals surface area contributed by atoms with Crippen LogP contribution in [-0.2, 0) is 4.75 Å². The summed E-state index contributed by atoms with van der Waals surface area (Å²) in [6.07, 6.45) is 0. The van der Waals surface area contributed by atoms with Crippen LogP contribution in [0, 0.1) is 0 Å². The summed E-state index contributed by atoms with van der Waals surface area (Å²) in [6.45, 7) is 2.25. The van der Waals surface area contributed by atoms with Crippen LogP contribution in [0.15, 0.2) is 84.9 Å². The minimum Gasteiger partial charge on any atom is -0.418 e. The quantitative estimate of drug-likeness (QED) is 0.303. The number of thioether (sulfide) groups is 2. The van der Waals surface area contributed by atoms with Crippen LogP contribution in [0.25, 0.3) is 0 Å². The zero-order valence-corrected chi connectivity index (χ0v) is 17.4. The van der Waals surface area contributed by atoms with Gasteiger partial charge in [-0.05, 0) is 28.0 Å². The van der Waals surface area contributed by atoms with Gasteiger partial charge in [-0.25, -0.2) is 0 Å². The van der Waals surface area contributed by atoms with Gasteiger partial charge in [0.05, 0.1) is 9.33 Å². The van der Waals surface area contributed by atoms with E-state index in [4.69, 9.17) is 0 Å². The van der Waals surface area contributed by atoms with Gasteiger partial charge in [0, 0.05) is 0 Å². The molecule has 1 unspecified atom stereocenters. The van der Waals surface area contributed by atoms with Gasteiger partial charge in [-0.1, -0.05) is 91.9 Å². The first-order chi connectivity index (χ1) is 13.9. The maximum Gasteiger partial charge on any atom is 0.673 e. The summed E-state index contributed by atoms with van der Waals surface area (Å²) in [5, 5.41) is 0. The summed E-state index contributed by atoms with van der Waals surface area (Å²) >= 11 is 4.12. The molecular formula is C22H20BF4S2-. The minimum atomic E-state index is -6.00. The predicted octanol–water partition coefficient (Wildman–Crippen LogP) is 7.78. The Kier molecular flexibility index (Phi) is 7.01. The molecule has 3 aromatic rings. The highest BCUT2D eigenvalue weighted by Gasteiger charge is 2.46. The summed E-state index contributed by atoms with van der Waals surface area (Å²) in [4.78, 5) is 0. The van der Waals surface area contributed by atoms with Crippen LogP contribution in [0.4, 0.5) is 17.3 Å². The first-order valence-corrected chi connectivity index (χ1v) is 11.2. The van der Waals surface area contributed by atoms with Gasteiger partial charge in [0.15, 0.2) is 0 Å². The van der Waals surface area contributed by atoms with Crippen molar-refractivity contribution in [3.05, 3.63) is 107 Å². The Balaban J connectivity index is 0.000000431. The zero-order valence-electron chi connectivity index (χ0n) is 15.8. The maximum atomic E-state index is 9.75. The summed E-state index contributed by atoms with van der Waals surface area (Å²) in [5.74, 6) is 1.13. The van der Waals surface area contributed by atoms with Gasteiger partial charge in [-0.3, -0.25) is 0 Å². The fraction of sp³-hybridized carbons (Fsp3) is 0.182. The number of hydrogen-bond donors (Lipinski definition) is 0. The molecule has 4 rings (SSSR count). The Morgan fingerprint density at radius 2 is 1.24 bits per heavy atom. The lowest BCUT2D eigenvalue weighted by Crippen LogP contribution is -2.22. The summed E-state index contributed by atoms with van der Waals surface area (Å²) in [6, 6.07) is 30.9. The van der Waals surface area contributed by atoms with E-state index in [1.807, 2.05) is 11.8 Å². The summed E-state index contributed by atoms with van der Waals surface area (Å²) in [5.41, 5.74) is 5.65. The first kappa shape index (κ1) is 21.8. The van der Waals surface area contributed by atoms with Crippen molar-refractivity contribution in [2.24, 2.45) is 0 Å². The van der Waals surface area contributed by atoms with Gasteiger partial charge in [-0.2, -0.15) is 0 Å². The highest BCUT2D eigenvalue weighted by Crippen LogP contribution is 2.64. The number of halogens is 4. The third kappa shape index (κ3) is 5.01. The van der Waals surface area contributed by atoms with E-state index >= 15 is 0 Å². The van der Waals surface area contributed by atoms with Crippen molar-refractivity contribution in [1.82, 2.24) is 0 Å². The van der Waals surface area contributed by atoms with Crippen LogP contribution in [0.2, 0.25) is 0 Å². The molecule has 1 atom stereocenters. The molecule has 0 radical (unpaired) electrons. The Bertz CT molecular complexity index is 871. The molecule has 0 nitrogen and oxygen atoms in total. The van der Waals surface area contributed by atoms with Crippen molar-refractivity contribution in [3.8, 4) is 0 Å². The average molecular weight is 435 g/mol. The lowest BCUT2D eigenvalue weighted by molar-refractivity contribution is 0.368. The first-order valence-electron chi connectivity index (χ1n) is 9.23. The minimum absolute atomic E-state index is 0.119. The maximum absolute atomic E-state index is 9.75. The van der Waals surface area contributed by atoms with Crippen molar-refractivity contribution in [2.45, 2.75) is 16.3 Å². The SMILES string of the molecule is CCSC1SC(c2ccccc2)(c2ccccc2)c2ccccc21.F[B-](F)(F)F. The van der Waals surface area contributed by atoms with E-state index < -0.39 is 7.25 Å². The molecule has 0 bridgehead atoms. The van der Waals surface area contributed by atoms with Gasteiger partial charge >= 0.3 is 7.25 Å². The molecule has 0 saturated heterocycles. The molecule has 0 spiro atoms. The van der Waals surface area contributed by atoms with Crippen LogP contribution in [0.1, 0.15) is 33.8 Å². The Labute approximate surface area is 177 Å². The van der Waals surface area contributed by atoms with Crippen molar-refractivity contribution in [3.63, 3.8) is 0 Å². The second kappa shape index (κ2) is 9.31. The molecule has 1 aliphatic rings. The molecule has 0 N–H and O–H groups in total. The van der Waals surface area contributed by atoms with Crippen LogP contribution in [0.5, 0.6) is 0 Å². The Morgan fingerprint density at radius 3 is 1.72 bits per heavy atom. The second-order valence-corrected chi connectivity index (χ2v) is 9.40. The Morgan fingerprint density at radius 1 is 0.793 bits per heavy atom. The summed E-state index contributed by atoms with van der Waals surface area (Å²) in [7, 11) is -6.00. The van der Waals surface area contributed by atoms with E-state index in [0.717, 1.165) is 5.75 Å². The molecule has 1 aliphatic heterocycles. The van der Waals surface area contributed by atoms with Crippen LogP contribution >= 0.6 is 23.5 Å². The molecule has 0 aromatic heterocycles. The fourth-order valence-corrected chi connectivity index (χ4v) is 6.86. The lowest BCUT2D eigenvalue weighted by Gasteiger charge is -2.31. The average Bonchev–Trinajstić information content (AvgIpc) is 3.04. The molecule has 3 aromatic carbocycles. The number of benzene rings is 3. The molecule has 7 heteroatoms. The van der Waals surface area contributed by atoms with Gasteiger partial charge in [0.1, 0.15) is 0 Å². The molecule has 0 saturated carbocycles. The highest BCUT2D eigenvalue weighted by atomic mass is 32.2. The monoisotopic (exact) mass is 435 g/mol. The highest BCUT2D eigenvalue weighted by molar-refractivity contribution is 8.17. The van der Waals surface area contributed by atoms with E-state index in [0.29, 0.717) is 4.58 Å². The number of rotatable bonds is 4. The molecule has 29 heavy (non-hydrogen) atoms. The third-order valence-corrected chi connectivity index (χ3v) is 7.66. The largest absolute Gasteiger partial charge is 0.673 e. The van der Waals surface area contributed by atoms with Gasteiger partial charge in [-0.15, -0.1) is 23.5 Å². The molecule has 0 fully saturated rings. The van der Waals surface area contributed by atoms with Crippen molar-refractivity contribution < 1.29 is 17.3 Å². The molecule has 0 aliphatic carbocycles. The predicted molar refractivity (Wildman–Crippen MR) is 118 cm³/mol. The van der Waals surface area contributed by atoms with E-state index in [1.54, 1.807) is 0 Å². The summed E-state index contributed by atoms with van der Waals surface area (Å²) < 4.78 is 39.4. The fourth-order valence-electron chi connectivity index (χ4n) is 3.55. The van der Waals surface area contributed by atoms with E-state index in [1.165, 1.54) is 22.3 Å². The molecule has 152 valence electrons. The van der Waals surface area contributed by atoms with E-state index in [2.05, 4.69) is 104 Å². The number of fused-ring (bicyclic) bond motifs is 1. The normalized spacial score (nSPS) is 17.2. The topological polar surface area (TPSA) is 0 Å². The molecule has 0 amide bonds. The van der Waals surface area contributed by atoms with E-state index in [-0.39, 0.29) is 4.75 Å². The van der Waals surface area contributed by atoms with Crippen molar-refractivity contribution in [2.75, 3.05) is 5.75 Å². The van der Waals surface area contributed by atoms with Gasteiger partial charge in [0.2, 0.25) is 0 Å². The standard InChI is InChI=1S/C22H20S2.BF4/c1-2-23-21-19-15-9-10-16-20(19)22(24-21,17-11-5-3-6-12-17)18-13-7-4-8-14-18;2-1(3,4)5/h3-16,21H,2H2,1H3;/q;-1. The van der Waals surface area contributed by atoms with E-state index in [9.17, 15) is 17.3 Å². The van der Waals surface area contributed by atoms with Crippen molar-refractivity contribution >= 4 is 30.8 Å². The van der Waals surface area contributed by atoms with Crippen LogP contribution in [0.3, 0.4) is 0 Å². The Hall–Kier alpha value is -1.86. The third-order valence-electron chi connectivity index (χ3n) is 4.56. The van der Waals surface area contributed by atoms with Gasteiger partial charge in [0.25, 0.3) is 0 Å². The molecular weight excluding hydrogens is 415 g/mol. The van der Waals surface area contributed by atoms with Gasteiger partial charge < -0.3 is 17.3 Å². The van der Waals surface area contributed by atoms with Crippen LogP contribution in [-0.4, -0.2) is 13.0 Å². The second-order valence-electron chi connectivity index (χ2n) is 6.40. The zero-order chi connectivity index (χ0) is 20.9. The molecule has 1 heterocycles. The number of hydrogen-bond acceptors (Lipinski definition) is 2. The van der Waals surface area contributed by atoms with Crippen LogP contribution < -0.4 is 0 Å². The smallest absolute Gasteiger partial charge is 0.418 e. The lowest BCUT2D eigenvalue weighted by atomic mass is 9.82. The van der Waals surface area contributed by atoms with Crippen molar-refractivity contribution in [1.29, 1.82) is 0 Å².